The van der Waals surface area contributed by atoms with Gasteiger partial charge in [0.25, 0.3) is 0 Å². The van der Waals surface area contributed by atoms with E-state index in [2.05, 4.69) is 0 Å². The Kier molecular flexibility index (Phi) is 3.29. The summed E-state index contributed by atoms with van der Waals surface area (Å²) in [5.74, 6) is 0. The van der Waals surface area contributed by atoms with Crippen LogP contribution in [0.5, 0.6) is 0 Å². The van der Waals surface area contributed by atoms with Gasteiger partial charge in [0, 0.05) is 30.1 Å². The van der Waals surface area contributed by atoms with E-state index in [0.717, 1.165) is 14.8 Å². The van der Waals surface area contributed by atoms with Crippen molar-refractivity contribution in [1.82, 2.24) is 0 Å². The molecule has 2 rings (SSSR count). The fourth-order valence-electron chi connectivity index (χ4n) is 1.35. The van der Waals surface area contributed by atoms with Gasteiger partial charge in [0.1, 0.15) is 4.21 Å². The molecule has 2 heterocycles. The molecule has 0 unspecified atom stereocenters. The minimum atomic E-state index is -3.09. The summed E-state index contributed by atoms with van der Waals surface area (Å²) in [6.45, 7) is 0. The number of hydrogen-bond donors (Lipinski definition) is 0. The van der Waals surface area contributed by atoms with Crippen molar-refractivity contribution in [1.29, 1.82) is 0 Å². The normalized spacial score (nSPS) is 11.7. The fraction of sp³-hybridized carbons (Fsp3) is 0.273. The van der Waals surface area contributed by atoms with E-state index in [1.54, 1.807) is 17.4 Å². The smallest absolute Gasteiger partial charge is 0.184 e. The molecule has 0 saturated carbocycles. The minimum Gasteiger partial charge on any atom is -0.370 e. The zero-order valence-electron chi connectivity index (χ0n) is 9.80. The van der Waals surface area contributed by atoms with Crippen LogP contribution in [0.25, 0.3) is 9.75 Å². The van der Waals surface area contributed by atoms with E-state index in [0.29, 0.717) is 4.21 Å². The van der Waals surface area contributed by atoms with E-state index in [1.807, 2.05) is 37.2 Å². The first-order valence-electron chi connectivity index (χ1n) is 4.95. The number of rotatable bonds is 3. The van der Waals surface area contributed by atoms with Crippen molar-refractivity contribution in [3.05, 3.63) is 24.3 Å². The molecule has 0 aromatic carbocycles. The van der Waals surface area contributed by atoms with Gasteiger partial charge < -0.3 is 4.90 Å². The van der Waals surface area contributed by atoms with Crippen molar-refractivity contribution < 1.29 is 8.42 Å². The molecule has 17 heavy (non-hydrogen) atoms. The van der Waals surface area contributed by atoms with Gasteiger partial charge in [-0.1, -0.05) is 0 Å². The quantitative estimate of drug-likeness (QED) is 0.871. The second-order valence-electron chi connectivity index (χ2n) is 3.92. The SMILES string of the molecule is CN(C)c1ccc(-c2ccc(S(C)(=O)=O)s2)s1. The third-order valence-electron chi connectivity index (χ3n) is 2.22. The summed E-state index contributed by atoms with van der Waals surface area (Å²) in [5.41, 5.74) is 0. The fourth-order valence-corrected chi connectivity index (χ4v) is 4.30. The summed E-state index contributed by atoms with van der Waals surface area (Å²) in [6, 6.07) is 7.61. The summed E-state index contributed by atoms with van der Waals surface area (Å²) in [6.07, 6.45) is 1.24. The molecule has 0 amide bonds. The van der Waals surface area contributed by atoms with Crippen LogP contribution < -0.4 is 4.90 Å². The van der Waals surface area contributed by atoms with Gasteiger partial charge in [-0.25, -0.2) is 8.42 Å². The van der Waals surface area contributed by atoms with E-state index in [-0.39, 0.29) is 0 Å². The van der Waals surface area contributed by atoms with Crippen LogP contribution in [0.15, 0.2) is 28.5 Å². The Morgan fingerprint density at radius 2 is 1.59 bits per heavy atom. The van der Waals surface area contributed by atoms with Crippen LogP contribution in [0.3, 0.4) is 0 Å². The predicted octanol–water partition coefficient (Wildman–Crippen LogP) is 2.95. The Bertz CT molecular complexity index is 623. The third-order valence-corrected chi connectivity index (χ3v) is 6.58. The lowest BCUT2D eigenvalue weighted by Gasteiger charge is -2.06. The van der Waals surface area contributed by atoms with Crippen LogP contribution in [-0.2, 0) is 9.84 Å². The zero-order valence-corrected chi connectivity index (χ0v) is 12.2. The van der Waals surface area contributed by atoms with Gasteiger partial charge >= 0.3 is 0 Å². The molecule has 0 aliphatic carbocycles. The van der Waals surface area contributed by atoms with Gasteiger partial charge in [0.05, 0.1) is 5.00 Å². The van der Waals surface area contributed by atoms with Crippen molar-refractivity contribution in [3.63, 3.8) is 0 Å². The van der Waals surface area contributed by atoms with Gasteiger partial charge in [-0.15, -0.1) is 22.7 Å². The van der Waals surface area contributed by atoms with E-state index in [1.165, 1.54) is 17.6 Å². The Labute approximate surface area is 109 Å². The van der Waals surface area contributed by atoms with Crippen LogP contribution >= 0.6 is 22.7 Å². The summed E-state index contributed by atoms with van der Waals surface area (Å²) < 4.78 is 23.2. The highest BCUT2D eigenvalue weighted by molar-refractivity contribution is 7.92. The van der Waals surface area contributed by atoms with Gasteiger partial charge in [-0.05, 0) is 24.3 Å². The molecule has 2 aromatic rings. The maximum absolute atomic E-state index is 11.4. The molecule has 6 heteroatoms. The van der Waals surface area contributed by atoms with E-state index >= 15 is 0 Å². The van der Waals surface area contributed by atoms with Gasteiger partial charge in [-0.2, -0.15) is 0 Å². The number of hydrogen-bond acceptors (Lipinski definition) is 5. The van der Waals surface area contributed by atoms with Crippen LogP contribution in [0.4, 0.5) is 5.00 Å². The lowest BCUT2D eigenvalue weighted by molar-refractivity contribution is 0.604. The van der Waals surface area contributed by atoms with Crippen molar-refractivity contribution in [2.75, 3.05) is 25.3 Å². The number of thiophene rings is 2. The second-order valence-corrected chi connectivity index (χ2v) is 8.31. The first-order valence-corrected chi connectivity index (χ1v) is 8.48. The summed E-state index contributed by atoms with van der Waals surface area (Å²) >= 11 is 2.98. The summed E-state index contributed by atoms with van der Waals surface area (Å²) in [7, 11) is 0.897. The van der Waals surface area contributed by atoms with Crippen LogP contribution in [0.2, 0.25) is 0 Å². The third kappa shape index (κ3) is 2.70. The minimum absolute atomic E-state index is 0.423. The highest BCUT2D eigenvalue weighted by atomic mass is 32.2. The topological polar surface area (TPSA) is 37.4 Å². The molecule has 0 radical (unpaired) electrons. The molecule has 0 bridgehead atoms. The Hall–Kier alpha value is -0.850. The van der Waals surface area contributed by atoms with Crippen molar-refractivity contribution in [3.8, 4) is 9.75 Å². The van der Waals surface area contributed by atoms with Crippen molar-refractivity contribution in [2.24, 2.45) is 0 Å². The average molecular weight is 287 g/mol. The monoisotopic (exact) mass is 287 g/mol. The molecular weight excluding hydrogens is 274 g/mol. The number of nitrogens with zero attached hydrogens (tertiary/aromatic N) is 1. The maximum Gasteiger partial charge on any atom is 0.184 e. The molecule has 0 spiro atoms. The average Bonchev–Trinajstić information content (AvgIpc) is 2.85. The zero-order chi connectivity index (χ0) is 12.6. The van der Waals surface area contributed by atoms with Gasteiger partial charge in [0.2, 0.25) is 0 Å². The lowest BCUT2D eigenvalue weighted by Crippen LogP contribution is -2.05. The maximum atomic E-state index is 11.4. The molecule has 92 valence electrons. The number of anilines is 1. The van der Waals surface area contributed by atoms with Gasteiger partial charge in [0.15, 0.2) is 9.84 Å². The Morgan fingerprint density at radius 3 is 2.06 bits per heavy atom. The molecule has 3 nitrogen and oxygen atoms in total. The first-order chi connectivity index (χ1) is 7.88. The molecule has 0 saturated heterocycles. The standard InChI is InChI=1S/C11H13NO2S3/c1-12(2)10-6-4-8(15-10)9-5-7-11(16-9)17(3,13)14/h4-7H,1-3H3. The Morgan fingerprint density at radius 1 is 1.00 bits per heavy atom. The molecule has 2 aromatic heterocycles. The van der Waals surface area contributed by atoms with Crippen molar-refractivity contribution in [2.45, 2.75) is 4.21 Å². The molecule has 0 fully saturated rings. The molecule has 0 N–H and O–H groups in total. The van der Waals surface area contributed by atoms with Crippen LogP contribution in [0, 0.1) is 0 Å². The molecule has 0 atom stereocenters. The second kappa shape index (κ2) is 4.44. The Balaban J connectivity index is 2.37. The summed E-state index contributed by atoms with van der Waals surface area (Å²) in [5, 5.41) is 1.16. The first kappa shape index (κ1) is 12.6. The predicted molar refractivity (Wildman–Crippen MR) is 75.1 cm³/mol. The summed E-state index contributed by atoms with van der Waals surface area (Å²) in [4.78, 5) is 4.15. The van der Waals surface area contributed by atoms with Gasteiger partial charge in [-0.3, -0.25) is 0 Å². The largest absolute Gasteiger partial charge is 0.370 e. The van der Waals surface area contributed by atoms with Crippen LogP contribution in [-0.4, -0.2) is 28.8 Å². The molecular formula is C11H13NO2S3. The molecule has 0 aliphatic rings. The molecule has 0 aliphatic heterocycles. The highest BCUT2D eigenvalue weighted by Gasteiger charge is 2.13. The van der Waals surface area contributed by atoms with E-state index in [9.17, 15) is 8.42 Å². The lowest BCUT2D eigenvalue weighted by atomic mass is 10.4. The van der Waals surface area contributed by atoms with E-state index < -0.39 is 9.84 Å². The van der Waals surface area contributed by atoms with Crippen LogP contribution in [0.1, 0.15) is 0 Å². The highest BCUT2D eigenvalue weighted by Crippen LogP contribution is 2.37. The van der Waals surface area contributed by atoms with E-state index in [4.69, 9.17) is 0 Å². The number of sulfone groups is 1. The van der Waals surface area contributed by atoms with Crippen molar-refractivity contribution >= 4 is 37.5 Å².